The number of nitrogens with zero attached hydrogens (tertiary/aromatic N) is 2. The Morgan fingerprint density at radius 3 is 2.54 bits per heavy atom. The molecule has 0 aliphatic carbocycles. The number of amides is 2. The second-order valence-corrected chi connectivity index (χ2v) is 8.69. The van der Waals surface area contributed by atoms with E-state index in [0.717, 1.165) is 44.6 Å². The summed E-state index contributed by atoms with van der Waals surface area (Å²) in [7, 11) is 3.15. The fourth-order valence-electron chi connectivity index (χ4n) is 4.36. The van der Waals surface area contributed by atoms with Gasteiger partial charge in [-0.3, -0.25) is 9.59 Å². The zero-order chi connectivity index (χ0) is 20.1. The Labute approximate surface area is 171 Å². The third-order valence-corrected chi connectivity index (χ3v) is 6.50. The molecule has 1 aromatic rings. The van der Waals surface area contributed by atoms with E-state index in [-0.39, 0.29) is 17.2 Å². The van der Waals surface area contributed by atoms with E-state index in [1.807, 2.05) is 16.1 Å². The molecule has 7 heteroatoms. The molecular weight excluding hydrogens is 376 g/mol. The predicted molar refractivity (Wildman–Crippen MR) is 111 cm³/mol. The van der Waals surface area contributed by atoms with Crippen LogP contribution in [0.2, 0.25) is 0 Å². The Morgan fingerprint density at radius 2 is 1.82 bits per heavy atom. The summed E-state index contributed by atoms with van der Waals surface area (Å²) in [5.41, 5.74) is 0.651. The van der Waals surface area contributed by atoms with Crippen molar-refractivity contribution in [3.05, 3.63) is 23.8 Å². The zero-order valence-corrected chi connectivity index (χ0v) is 17.8. The van der Waals surface area contributed by atoms with Gasteiger partial charge in [0.25, 0.3) is 5.91 Å². The summed E-state index contributed by atoms with van der Waals surface area (Å²) < 4.78 is 10.6. The predicted octanol–water partition coefficient (Wildman–Crippen LogP) is 2.91. The Bertz CT molecular complexity index is 726. The molecule has 154 valence electrons. The zero-order valence-electron chi connectivity index (χ0n) is 17.0. The van der Waals surface area contributed by atoms with E-state index in [2.05, 4.69) is 0 Å². The van der Waals surface area contributed by atoms with Crippen molar-refractivity contribution >= 4 is 23.6 Å². The number of carbonyl (C=O) groups is 2. The third kappa shape index (κ3) is 4.40. The third-order valence-electron chi connectivity index (χ3n) is 5.89. The van der Waals surface area contributed by atoms with E-state index >= 15 is 0 Å². The van der Waals surface area contributed by atoms with Crippen LogP contribution in [0.3, 0.4) is 0 Å². The highest BCUT2D eigenvalue weighted by molar-refractivity contribution is 7.98. The first-order valence-corrected chi connectivity index (χ1v) is 11.2. The van der Waals surface area contributed by atoms with Crippen LogP contribution in [-0.4, -0.2) is 74.0 Å². The van der Waals surface area contributed by atoms with E-state index in [1.54, 1.807) is 44.2 Å². The van der Waals surface area contributed by atoms with Crippen LogP contribution in [0.4, 0.5) is 0 Å². The van der Waals surface area contributed by atoms with E-state index in [9.17, 15) is 9.59 Å². The molecule has 0 N–H and O–H groups in total. The minimum absolute atomic E-state index is 0.0173. The minimum Gasteiger partial charge on any atom is -0.493 e. The van der Waals surface area contributed by atoms with Crippen molar-refractivity contribution in [2.24, 2.45) is 5.41 Å². The van der Waals surface area contributed by atoms with Crippen molar-refractivity contribution in [2.45, 2.75) is 25.7 Å². The molecule has 0 radical (unpaired) electrons. The number of piperidine rings is 1. The van der Waals surface area contributed by atoms with Gasteiger partial charge < -0.3 is 19.3 Å². The molecular formula is C21H30N2O4S. The second kappa shape index (κ2) is 9.07. The first-order chi connectivity index (χ1) is 13.5. The summed E-state index contributed by atoms with van der Waals surface area (Å²) in [5, 5.41) is 0. The molecule has 2 saturated heterocycles. The van der Waals surface area contributed by atoms with Crippen molar-refractivity contribution in [1.82, 2.24) is 9.80 Å². The maximum Gasteiger partial charge on any atom is 0.254 e. The van der Waals surface area contributed by atoms with E-state index in [1.165, 1.54) is 0 Å². The largest absolute Gasteiger partial charge is 0.493 e. The average Bonchev–Trinajstić information content (AvgIpc) is 3.13. The van der Waals surface area contributed by atoms with Gasteiger partial charge in [-0.25, -0.2) is 0 Å². The van der Waals surface area contributed by atoms with E-state index < -0.39 is 0 Å². The number of likely N-dealkylation sites (tertiary alicyclic amines) is 2. The normalized spacial score (nSPS) is 21.8. The van der Waals surface area contributed by atoms with Crippen LogP contribution < -0.4 is 9.47 Å². The molecule has 0 bridgehead atoms. The SMILES string of the molecule is COc1ccc(C(=O)N2CCC3(CCCN(C(=O)CCSC)C3)C2)cc1OC. The number of methoxy groups -OCH3 is 2. The summed E-state index contributed by atoms with van der Waals surface area (Å²) in [6.07, 6.45) is 5.68. The van der Waals surface area contributed by atoms with Gasteiger partial charge in [0.05, 0.1) is 14.2 Å². The van der Waals surface area contributed by atoms with E-state index in [4.69, 9.17) is 9.47 Å². The highest BCUT2D eigenvalue weighted by Crippen LogP contribution is 2.40. The number of carbonyl (C=O) groups excluding carboxylic acids is 2. The lowest BCUT2D eigenvalue weighted by Crippen LogP contribution is -2.47. The van der Waals surface area contributed by atoms with Crippen LogP contribution >= 0.6 is 11.8 Å². The van der Waals surface area contributed by atoms with Gasteiger partial charge in [0.2, 0.25) is 5.91 Å². The highest BCUT2D eigenvalue weighted by Gasteiger charge is 2.43. The van der Waals surface area contributed by atoms with Crippen LogP contribution in [0.25, 0.3) is 0 Å². The maximum atomic E-state index is 13.0. The van der Waals surface area contributed by atoms with Crippen molar-refractivity contribution in [2.75, 3.05) is 52.4 Å². The summed E-state index contributed by atoms with van der Waals surface area (Å²) in [4.78, 5) is 29.5. The van der Waals surface area contributed by atoms with Gasteiger partial charge >= 0.3 is 0 Å². The summed E-state index contributed by atoms with van der Waals surface area (Å²) >= 11 is 1.71. The quantitative estimate of drug-likeness (QED) is 0.727. The Morgan fingerprint density at radius 1 is 1.07 bits per heavy atom. The number of rotatable bonds is 6. The smallest absolute Gasteiger partial charge is 0.254 e. The molecule has 1 aromatic carbocycles. The van der Waals surface area contributed by atoms with Crippen LogP contribution in [0.1, 0.15) is 36.0 Å². The molecule has 6 nitrogen and oxygen atoms in total. The number of benzene rings is 1. The maximum absolute atomic E-state index is 13.0. The molecule has 2 heterocycles. The van der Waals surface area contributed by atoms with Gasteiger partial charge in [-0.05, 0) is 43.7 Å². The van der Waals surface area contributed by atoms with Crippen LogP contribution in [0.5, 0.6) is 11.5 Å². The molecule has 0 aromatic heterocycles. The number of thioether (sulfide) groups is 1. The fourth-order valence-corrected chi connectivity index (χ4v) is 4.74. The number of hydrogen-bond acceptors (Lipinski definition) is 5. The van der Waals surface area contributed by atoms with Gasteiger partial charge in [-0.15, -0.1) is 0 Å². The van der Waals surface area contributed by atoms with Gasteiger partial charge in [-0.2, -0.15) is 11.8 Å². The van der Waals surface area contributed by atoms with Crippen molar-refractivity contribution in [1.29, 1.82) is 0 Å². The molecule has 3 rings (SSSR count). The van der Waals surface area contributed by atoms with E-state index in [0.29, 0.717) is 30.0 Å². The summed E-state index contributed by atoms with van der Waals surface area (Å²) in [6, 6.07) is 5.30. The fraction of sp³-hybridized carbons (Fsp3) is 0.619. The molecule has 1 unspecified atom stereocenters. The van der Waals surface area contributed by atoms with Crippen LogP contribution in [0, 0.1) is 5.41 Å². The van der Waals surface area contributed by atoms with Gasteiger partial charge in [-0.1, -0.05) is 0 Å². The van der Waals surface area contributed by atoms with Crippen LogP contribution in [0.15, 0.2) is 18.2 Å². The average molecular weight is 407 g/mol. The Kier molecular flexibility index (Phi) is 6.75. The summed E-state index contributed by atoms with van der Waals surface area (Å²) in [5.74, 6) is 2.31. The van der Waals surface area contributed by atoms with Crippen molar-refractivity contribution in [3.63, 3.8) is 0 Å². The van der Waals surface area contributed by atoms with Gasteiger partial charge in [0.1, 0.15) is 0 Å². The minimum atomic E-state index is 0.0173. The number of hydrogen-bond donors (Lipinski definition) is 0. The van der Waals surface area contributed by atoms with Gasteiger partial charge in [0.15, 0.2) is 11.5 Å². The topological polar surface area (TPSA) is 59.1 Å². The standard InChI is InChI=1S/C21H30N2O4S/c1-26-17-6-5-16(13-18(17)27-2)20(25)23-11-9-21(15-23)8-4-10-22(14-21)19(24)7-12-28-3/h5-6,13H,4,7-12,14-15H2,1-3H3. The first kappa shape index (κ1) is 20.8. The van der Waals surface area contributed by atoms with Crippen molar-refractivity contribution < 1.29 is 19.1 Å². The first-order valence-electron chi connectivity index (χ1n) is 9.80. The molecule has 28 heavy (non-hydrogen) atoms. The molecule has 0 saturated carbocycles. The molecule has 2 aliphatic rings. The number of ether oxygens (including phenoxy) is 2. The lowest BCUT2D eigenvalue weighted by atomic mass is 9.79. The summed E-state index contributed by atoms with van der Waals surface area (Å²) in [6.45, 7) is 3.07. The monoisotopic (exact) mass is 406 g/mol. The second-order valence-electron chi connectivity index (χ2n) is 7.71. The lowest BCUT2D eigenvalue weighted by Gasteiger charge is -2.40. The van der Waals surface area contributed by atoms with Crippen molar-refractivity contribution in [3.8, 4) is 11.5 Å². The molecule has 2 amide bonds. The molecule has 2 fully saturated rings. The Hall–Kier alpha value is -1.89. The van der Waals surface area contributed by atoms with Crippen LogP contribution in [-0.2, 0) is 4.79 Å². The Balaban J connectivity index is 1.67. The molecule has 1 atom stereocenters. The molecule has 1 spiro atoms. The highest BCUT2D eigenvalue weighted by atomic mass is 32.2. The molecule has 2 aliphatic heterocycles. The van der Waals surface area contributed by atoms with Gasteiger partial charge in [0, 0.05) is 49.3 Å². The lowest BCUT2D eigenvalue weighted by molar-refractivity contribution is -0.134.